The Morgan fingerprint density at radius 2 is 1.90 bits per heavy atom. The molecule has 2 N–H and O–H groups in total. The number of aromatic nitrogens is 2. The van der Waals surface area contributed by atoms with Gasteiger partial charge in [0.15, 0.2) is 5.03 Å². The van der Waals surface area contributed by atoms with Crippen LogP contribution in [0.4, 0.5) is 0 Å². The molecule has 0 fully saturated rings. The molecule has 0 aliphatic heterocycles. The van der Waals surface area contributed by atoms with Gasteiger partial charge in [-0.05, 0) is 6.42 Å². The van der Waals surface area contributed by atoms with E-state index in [0.29, 0.717) is 18.8 Å². The van der Waals surface area contributed by atoms with Crippen molar-refractivity contribution in [3.05, 3.63) is 12.0 Å². The van der Waals surface area contributed by atoms with Crippen molar-refractivity contribution < 1.29 is 16.8 Å². The van der Waals surface area contributed by atoms with Crippen LogP contribution in [0.5, 0.6) is 0 Å². The number of primary sulfonamides is 1. The molecule has 0 aliphatic rings. The van der Waals surface area contributed by atoms with E-state index in [1.54, 1.807) is 11.5 Å². The second-order valence-electron chi connectivity index (χ2n) is 4.92. The van der Waals surface area contributed by atoms with Crippen LogP contribution >= 0.6 is 0 Å². The predicted molar refractivity (Wildman–Crippen MR) is 76.6 cm³/mol. The van der Waals surface area contributed by atoms with Crippen molar-refractivity contribution in [3.63, 3.8) is 0 Å². The van der Waals surface area contributed by atoms with Crippen LogP contribution in [0.25, 0.3) is 0 Å². The maximum Gasteiger partial charge on any atom is 0.257 e. The number of imidazole rings is 1. The number of nitrogens with zero attached hydrogens (tertiary/aromatic N) is 2. The van der Waals surface area contributed by atoms with Crippen LogP contribution < -0.4 is 5.14 Å². The Morgan fingerprint density at radius 1 is 1.30 bits per heavy atom. The van der Waals surface area contributed by atoms with Gasteiger partial charge in [-0.3, -0.25) is 0 Å². The SMILES string of the molecule is CCS(=O)(=O)CCCn1cc(S(N)(=O)=O)nc1C(C)C. The zero-order valence-electron chi connectivity index (χ0n) is 11.9. The molecule has 0 saturated carbocycles. The van der Waals surface area contributed by atoms with E-state index >= 15 is 0 Å². The second-order valence-corrected chi connectivity index (χ2v) is 8.90. The zero-order valence-corrected chi connectivity index (χ0v) is 13.5. The average Bonchev–Trinajstić information content (AvgIpc) is 2.73. The van der Waals surface area contributed by atoms with Crippen molar-refractivity contribution in [2.45, 2.75) is 44.7 Å². The first-order chi connectivity index (χ1) is 9.07. The van der Waals surface area contributed by atoms with E-state index < -0.39 is 19.9 Å². The van der Waals surface area contributed by atoms with E-state index in [0.717, 1.165) is 0 Å². The fourth-order valence-electron chi connectivity index (χ4n) is 1.78. The molecule has 0 bridgehead atoms. The smallest absolute Gasteiger partial charge is 0.257 e. The van der Waals surface area contributed by atoms with Gasteiger partial charge in [0.2, 0.25) is 0 Å². The van der Waals surface area contributed by atoms with E-state index in [4.69, 9.17) is 5.14 Å². The lowest BCUT2D eigenvalue weighted by Crippen LogP contribution is -2.13. The summed E-state index contributed by atoms with van der Waals surface area (Å²) in [7, 11) is -6.87. The molecule has 1 rings (SSSR count). The zero-order chi connectivity index (χ0) is 15.6. The first-order valence-corrected chi connectivity index (χ1v) is 9.74. The molecule has 116 valence electrons. The summed E-state index contributed by atoms with van der Waals surface area (Å²) in [6, 6.07) is 0. The monoisotopic (exact) mass is 323 g/mol. The number of nitrogens with two attached hydrogens (primary N) is 1. The lowest BCUT2D eigenvalue weighted by Gasteiger charge is -2.09. The normalized spacial score (nSPS) is 13.1. The third-order valence-electron chi connectivity index (χ3n) is 2.89. The van der Waals surface area contributed by atoms with Gasteiger partial charge in [-0.25, -0.2) is 27.0 Å². The highest BCUT2D eigenvalue weighted by atomic mass is 32.2. The summed E-state index contributed by atoms with van der Waals surface area (Å²) in [4.78, 5) is 4.02. The fraction of sp³-hybridized carbons (Fsp3) is 0.727. The molecular weight excluding hydrogens is 302 g/mol. The lowest BCUT2D eigenvalue weighted by molar-refractivity contribution is 0.578. The Morgan fingerprint density at radius 3 is 2.35 bits per heavy atom. The molecule has 0 unspecified atom stereocenters. The van der Waals surface area contributed by atoms with Gasteiger partial charge < -0.3 is 4.57 Å². The van der Waals surface area contributed by atoms with E-state index in [-0.39, 0.29) is 22.4 Å². The summed E-state index contributed by atoms with van der Waals surface area (Å²) in [5, 5.41) is 4.88. The van der Waals surface area contributed by atoms with Crippen LogP contribution in [0.3, 0.4) is 0 Å². The molecule has 0 amide bonds. The van der Waals surface area contributed by atoms with Crippen LogP contribution in [0.2, 0.25) is 0 Å². The van der Waals surface area contributed by atoms with E-state index in [2.05, 4.69) is 4.98 Å². The number of rotatable bonds is 7. The first kappa shape index (κ1) is 17.1. The minimum Gasteiger partial charge on any atom is -0.333 e. The molecule has 0 saturated heterocycles. The third-order valence-corrected chi connectivity index (χ3v) is 5.46. The standard InChI is InChI=1S/C11H21N3O4S2/c1-4-19(15,16)7-5-6-14-8-10(20(12,17)18)13-11(14)9(2)3/h8-9H,4-7H2,1-3H3,(H2,12,17,18). The summed E-state index contributed by atoms with van der Waals surface area (Å²) in [5.74, 6) is 0.788. The largest absolute Gasteiger partial charge is 0.333 e. The summed E-state index contributed by atoms with van der Waals surface area (Å²) in [6.07, 6.45) is 1.78. The quantitative estimate of drug-likeness (QED) is 0.784. The number of aryl methyl sites for hydroxylation is 1. The molecular formula is C11H21N3O4S2. The minimum absolute atomic E-state index is 0.0216. The van der Waals surface area contributed by atoms with Gasteiger partial charge in [-0.2, -0.15) is 0 Å². The van der Waals surface area contributed by atoms with Gasteiger partial charge in [0.05, 0.1) is 5.75 Å². The summed E-state index contributed by atoms with van der Waals surface area (Å²) < 4.78 is 47.1. The van der Waals surface area contributed by atoms with Gasteiger partial charge in [0, 0.05) is 24.4 Å². The minimum atomic E-state index is -3.85. The van der Waals surface area contributed by atoms with Crippen molar-refractivity contribution in [2.24, 2.45) is 5.14 Å². The predicted octanol–water partition coefficient (Wildman–Crippen LogP) is 0.479. The summed E-state index contributed by atoms with van der Waals surface area (Å²) >= 11 is 0. The van der Waals surface area contributed by atoms with Crippen LogP contribution in [0.15, 0.2) is 11.2 Å². The molecule has 1 heterocycles. The van der Waals surface area contributed by atoms with Crippen molar-refractivity contribution in [1.82, 2.24) is 9.55 Å². The molecule has 0 radical (unpaired) electrons. The number of sulfone groups is 1. The van der Waals surface area contributed by atoms with E-state index in [1.165, 1.54) is 6.20 Å². The highest BCUT2D eigenvalue weighted by Gasteiger charge is 2.18. The van der Waals surface area contributed by atoms with Gasteiger partial charge in [0.25, 0.3) is 10.0 Å². The molecule has 0 aliphatic carbocycles. The maximum absolute atomic E-state index is 11.4. The van der Waals surface area contributed by atoms with Gasteiger partial charge >= 0.3 is 0 Å². The Bertz CT molecular complexity index is 660. The Labute approximate surface area is 120 Å². The maximum atomic E-state index is 11.4. The van der Waals surface area contributed by atoms with Crippen LogP contribution in [-0.4, -0.2) is 37.9 Å². The molecule has 9 heteroatoms. The Kier molecular flexibility index (Phi) is 5.33. The highest BCUT2D eigenvalue weighted by Crippen LogP contribution is 2.17. The van der Waals surface area contributed by atoms with Crippen molar-refractivity contribution in [3.8, 4) is 0 Å². The molecule has 7 nitrogen and oxygen atoms in total. The first-order valence-electron chi connectivity index (χ1n) is 6.37. The molecule has 0 atom stereocenters. The molecule has 20 heavy (non-hydrogen) atoms. The highest BCUT2D eigenvalue weighted by molar-refractivity contribution is 7.91. The fourth-order valence-corrected chi connectivity index (χ4v) is 3.13. The van der Waals surface area contributed by atoms with E-state index in [9.17, 15) is 16.8 Å². The topological polar surface area (TPSA) is 112 Å². The molecule has 1 aromatic rings. The Balaban J connectivity index is 2.92. The van der Waals surface area contributed by atoms with Crippen molar-refractivity contribution in [2.75, 3.05) is 11.5 Å². The molecule has 1 aromatic heterocycles. The van der Waals surface area contributed by atoms with Crippen LogP contribution in [0, 0.1) is 0 Å². The van der Waals surface area contributed by atoms with E-state index in [1.807, 2.05) is 13.8 Å². The van der Waals surface area contributed by atoms with Crippen molar-refractivity contribution >= 4 is 19.9 Å². The van der Waals surface area contributed by atoms with Gasteiger partial charge in [-0.15, -0.1) is 0 Å². The third kappa shape index (κ3) is 4.57. The number of sulfonamides is 1. The van der Waals surface area contributed by atoms with Crippen LogP contribution in [0.1, 0.15) is 38.9 Å². The van der Waals surface area contributed by atoms with Gasteiger partial charge in [0.1, 0.15) is 15.7 Å². The van der Waals surface area contributed by atoms with Crippen molar-refractivity contribution in [1.29, 1.82) is 0 Å². The van der Waals surface area contributed by atoms with Crippen LogP contribution in [-0.2, 0) is 26.4 Å². The number of hydrogen-bond donors (Lipinski definition) is 1. The molecule has 0 spiro atoms. The summed E-state index contributed by atoms with van der Waals surface area (Å²) in [5.41, 5.74) is 0. The number of hydrogen-bond acceptors (Lipinski definition) is 5. The van der Waals surface area contributed by atoms with Gasteiger partial charge in [-0.1, -0.05) is 20.8 Å². The second kappa shape index (κ2) is 6.23. The lowest BCUT2D eigenvalue weighted by atomic mass is 10.2. The molecule has 0 aromatic carbocycles. The average molecular weight is 323 g/mol. The Hall–Kier alpha value is -0.930. The summed E-state index contributed by atoms with van der Waals surface area (Å²) in [6.45, 7) is 5.77.